The van der Waals surface area contributed by atoms with Gasteiger partial charge < -0.3 is 23.9 Å². The van der Waals surface area contributed by atoms with E-state index in [1.54, 1.807) is 38.0 Å². The van der Waals surface area contributed by atoms with E-state index in [-0.39, 0.29) is 12.2 Å². The first-order valence-electron chi connectivity index (χ1n) is 14.3. The number of benzene rings is 2. The Morgan fingerprint density at radius 1 is 1.00 bits per heavy atom. The third-order valence-corrected chi connectivity index (χ3v) is 7.43. The van der Waals surface area contributed by atoms with E-state index < -0.39 is 6.10 Å². The molecule has 0 fully saturated rings. The van der Waals surface area contributed by atoms with Gasteiger partial charge in [0.05, 0.1) is 50.4 Å². The van der Waals surface area contributed by atoms with Crippen LogP contribution in [-0.2, 0) is 31.0 Å². The third kappa shape index (κ3) is 6.11. The van der Waals surface area contributed by atoms with Gasteiger partial charge in [0, 0.05) is 36.7 Å². The first-order valence-corrected chi connectivity index (χ1v) is 14.3. The standard InChI is InChI=1S/C32H35N3O5.C2H6/c1-6-7-30(36)24-15-29-31-26(18-35(29)32(37)27(24)19-38-3)25(23-14-22(40-5)12-13-28(23)33-31)17-34(2)16-20-8-10-21(39-4)11-9-20;1-2/h6-15,30,36H,16-19H2,1-5H3;1-2H3/b7-6+;. The van der Waals surface area contributed by atoms with Crippen LogP contribution in [0.2, 0.25) is 0 Å². The predicted octanol–water partition coefficient (Wildman–Crippen LogP) is 5.86. The van der Waals surface area contributed by atoms with Crippen molar-refractivity contribution in [3.63, 3.8) is 0 Å². The van der Waals surface area contributed by atoms with Crippen molar-refractivity contribution in [2.75, 3.05) is 28.4 Å². The molecule has 4 aromatic rings. The molecular formula is C34H41N3O5. The van der Waals surface area contributed by atoms with Crippen LogP contribution >= 0.6 is 0 Å². The third-order valence-electron chi connectivity index (χ3n) is 7.43. The lowest BCUT2D eigenvalue weighted by molar-refractivity contribution is 0.175. The highest BCUT2D eigenvalue weighted by Gasteiger charge is 2.29. The van der Waals surface area contributed by atoms with Gasteiger partial charge in [-0.05, 0) is 67.1 Å². The number of aliphatic hydroxyl groups is 1. The van der Waals surface area contributed by atoms with Gasteiger partial charge in [0.25, 0.3) is 5.56 Å². The number of fused-ring (bicyclic) bond motifs is 4. The van der Waals surface area contributed by atoms with Crippen molar-refractivity contribution in [3.05, 3.63) is 98.9 Å². The van der Waals surface area contributed by atoms with Gasteiger partial charge >= 0.3 is 0 Å². The molecule has 1 aliphatic rings. The molecule has 0 radical (unpaired) electrons. The number of pyridine rings is 2. The van der Waals surface area contributed by atoms with E-state index in [0.717, 1.165) is 45.8 Å². The largest absolute Gasteiger partial charge is 0.497 e. The fourth-order valence-corrected chi connectivity index (χ4v) is 5.46. The van der Waals surface area contributed by atoms with Crippen LogP contribution in [-0.4, -0.2) is 47.9 Å². The second kappa shape index (κ2) is 13.8. The molecule has 1 unspecified atom stereocenters. The zero-order chi connectivity index (χ0) is 30.4. The van der Waals surface area contributed by atoms with Crippen LogP contribution in [0.4, 0.5) is 0 Å². The van der Waals surface area contributed by atoms with Crippen LogP contribution in [0.1, 0.15) is 54.7 Å². The van der Waals surface area contributed by atoms with E-state index >= 15 is 0 Å². The number of methoxy groups -OCH3 is 3. The van der Waals surface area contributed by atoms with Gasteiger partial charge in [0.2, 0.25) is 0 Å². The summed E-state index contributed by atoms with van der Waals surface area (Å²) >= 11 is 0. The maximum absolute atomic E-state index is 13.7. The Morgan fingerprint density at radius 3 is 2.33 bits per heavy atom. The molecule has 0 amide bonds. The summed E-state index contributed by atoms with van der Waals surface area (Å²) < 4.78 is 18.0. The summed E-state index contributed by atoms with van der Waals surface area (Å²) in [5, 5.41) is 11.9. The molecular weight excluding hydrogens is 530 g/mol. The molecule has 0 spiro atoms. The molecule has 1 N–H and O–H groups in total. The number of allylic oxidation sites excluding steroid dienone is 1. The Balaban J connectivity index is 0.00000198. The predicted molar refractivity (Wildman–Crippen MR) is 167 cm³/mol. The minimum atomic E-state index is -0.919. The Labute approximate surface area is 247 Å². The normalized spacial score (nSPS) is 12.7. The molecule has 222 valence electrons. The average molecular weight is 572 g/mol. The molecule has 8 nitrogen and oxygen atoms in total. The summed E-state index contributed by atoms with van der Waals surface area (Å²) in [6.07, 6.45) is 2.52. The van der Waals surface area contributed by atoms with Crippen molar-refractivity contribution in [3.8, 4) is 22.9 Å². The van der Waals surface area contributed by atoms with E-state index in [9.17, 15) is 9.90 Å². The van der Waals surface area contributed by atoms with Gasteiger partial charge in [0.15, 0.2) is 0 Å². The molecule has 0 bridgehead atoms. The Morgan fingerprint density at radius 2 is 1.69 bits per heavy atom. The van der Waals surface area contributed by atoms with Crippen molar-refractivity contribution in [1.29, 1.82) is 0 Å². The van der Waals surface area contributed by atoms with Crippen LogP contribution in [0.15, 0.2) is 65.5 Å². The van der Waals surface area contributed by atoms with E-state index in [4.69, 9.17) is 19.2 Å². The van der Waals surface area contributed by atoms with Crippen molar-refractivity contribution in [1.82, 2.24) is 14.5 Å². The van der Waals surface area contributed by atoms with Crippen molar-refractivity contribution >= 4 is 10.9 Å². The van der Waals surface area contributed by atoms with Crippen molar-refractivity contribution in [2.45, 2.75) is 53.1 Å². The highest BCUT2D eigenvalue weighted by Crippen LogP contribution is 2.38. The number of ether oxygens (including phenoxy) is 3. The van der Waals surface area contributed by atoms with E-state index in [1.165, 1.54) is 5.56 Å². The van der Waals surface area contributed by atoms with E-state index in [2.05, 4.69) is 24.1 Å². The molecule has 42 heavy (non-hydrogen) atoms. The number of aromatic nitrogens is 2. The van der Waals surface area contributed by atoms with Crippen LogP contribution in [0, 0.1) is 0 Å². The summed E-state index contributed by atoms with van der Waals surface area (Å²) in [5.41, 5.74) is 6.38. The second-order valence-corrected chi connectivity index (χ2v) is 10.1. The number of hydrogen-bond acceptors (Lipinski definition) is 7. The first kappa shape index (κ1) is 31.0. The topological polar surface area (TPSA) is 86.1 Å². The average Bonchev–Trinajstić information content (AvgIpc) is 3.38. The molecule has 2 aromatic heterocycles. The minimum Gasteiger partial charge on any atom is -0.497 e. The van der Waals surface area contributed by atoms with Crippen molar-refractivity contribution in [2.24, 2.45) is 0 Å². The lowest BCUT2D eigenvalue weighted by atomic mass is 9.98. The molecule has 1 atom stereocenters. The SMILES string of the molecule is C/C=C/C(O)c1cc2n(c(=O)c1COC)Cc1c-2nc2ccc(OC)cc2c1CN(C)Cc1ccc(OC)cc1.CC. The summed E-state index contributed by atoms with van der Waals surface area (Å²) in [6, 6.07) is 15.8. The zero-order valence-electron chi connectivity index (χ0n) is 25.6. The molecule has 0 aliphatic carbocycles. The lowest BCUT2D eigenvalue weighted by Crippen LogP contribution is -2.26. The number of hydrogen-bond donors (Lipinski definition) is 1. The number of nitrogens with zero attached hydrogens (tertiary/aromatic N) is 3. The summed E-state index contributed by atoms with van der Waals surface area (Å²) in [4.78, 5) is 21.0. The highest BCUT2D eigenvalue weighted by atomic mass is 16.5. The van der Waals surface area contributed by atoms with Gasteiger partial charge in [-0.3, -0.25) is 9.69 Å². The van der Waals surface area contributed by atoms with Gasteiger partial charge in [-0.1, -0.05) is 38.1 Å². The van der Waals surface area contributed by atoms with E-state index in [0.29, 0.717) is 29.9 Å². The molecule has 0 saturated heterocycles. The maximum Gasteiger partial charge on any atom is 0.257 e. The van der Waals surface area contributed by atoms with Crippen LogP contribution in [0.25, 0.3) is 22.3 Å². The summed E-state index contributed by atoms with van der Waals surface area (Å²) in [5.74, 6) is 1.58. The van der Waals surface area contributed by atoms with E-state index in [1.807, 2.05) is 57.2 Å². The van der Waals surface area contributed by atoms with Crippen molar-refractivity contribution < 1.29 is 19.3 Å². The fourth-order valence-electron chi connectivity index (χ4n) is 5.46. The van der Waals surface area contributed by atoms with Crippen LogP contribution < -0.4 is 15.0 Å². The minimum absolute atomic E-state index is 0.115. The molecule has 5 rings (SSSR count). The van der Waals surface area contributed by atoms with Gasteiger partial charge in [-0.2, -0.15) is 0 Å². The van der Waals surface area contributed by atoms with Crippen LogP contribution in [0.3, 0.4) is 0 Å². The lowest BCUT2D eigenvalue weighted by Gasteiger charge is -2.21. The molecule has 8 heteroatoms. The zero-order valence-corrected chi connectivity index (χ0v) is 25.6. The molecule has 2 aromatic carbocycles. The van der Waals surface area contributed by atoms with Crippen LogP contribution in [0.5, 0.6) is 11.5 Å². The number of rotatable bonds is 10. The fraction of sp³-hybridized carbons (Fsp3) is 0.353. The summed E-state index contributed by atoms with van der Waals surface area (Å²) in [7, 11) is 6.95. The number of aliphatic hydroxyl groups excluding tert-OH is 1. The monoisotopic (exact) mass is 571 g/mol. The quantitative estimate of drug-likeness (QED) is 0.210. The maximum atomic E-state index is 13.7. The molecule has 3 heterocycles. The summed E-state index contributed by atoms with van der Waals surface area (Å²) in [6.45, 7) is 7.72. The molecule has 0 saturated carbocycles. The highest BCUT2D eigenvalue weighted by molar-refractivity contribution is 5.89. The smallest absolute Gasteiger partial charge is 0.257 e. The Bertz CT molecular complexity index is 1630. The van der Waals surface area contributed by atoms with Gasteiger partial charge in [-0.15, -0.1) is 0 Å². The molecule has 1 aliphatic heterocycles. The Hall–Kier alpha value is -3.98. The second-order valence-electron chi connectivity index (χ2n) is 10.1. The first-order chi connectivity index (χ1) is 20.4. The van der Waals surface area contributed by atoms with Gasteiger partial charge in [0.1, 0.15) is 11.5 Å². The van der Waals surface area contributed by atoms with Gasteiger partial charge in [-0.25, -0.2) is 4.98 Å². The Kier molecular flexibility index (Phi) is 10.2.